The molecule has 0 saturated carbocycles. The van der Waals surface area contributed by atoms with Crippen molar-refractivity contribution in [3.8, 4) is 17.1 Å². The maximum Gasteiger partial charge on any atom is 0.334 e. The first kappa shape index (κ1) is 24.4. The minimum atomic E-state index is -1.31. The molecule has 0 radical (unpaired) electrons. The SMILES string of the molecule is Cn1c(=O)c2c(nc(-c3ccccc3Cl)n2-c2ccc(Cl)nc2)n(COCC[Si](C)(C)C)c1=O. The van der Waals surface area contributed by atoms with Crippen LogP contribution in [-0.2, 0) is 18.5 Å². The number of ether oxygens (including phenoxy) is 1. The molecule has 0 aliphatic carbocycles. The van der Waals surface area contributed by atoms with Crippen LogP contribution in [0.5, 0.6) is 0 Å². The molecule has 178 valence electrons. The van der Waals surface area contributed by atoms with Gasteiger partial charge in [0.25, 0.3) is 5.56 Å². The molecule has 0 unspecified atom stereocenters. The quantitative estimate of drug-likeness (QED) is 0.203. The molecule has 4 rings (SSSR count). The summed E-state index contributed by atoms with van der Waals surface area (Å²) in [6.45, 7) is 7.26. The Morgan fingerprint density at radius 1 is 1.06 bits per heavy atom. The summed E-state index contributed by atoms with van der Waals surface area (Å²) in [5.74, 6) is 0.406. The Morgan fingerprint density at radius 3 is 2.44 bits per heavy atom. The van der Waals surface area contributed by atoms with Crippen molar-refractivity contribution in [1.82, 2.24) is 23.7 Å². The zero-order chi connectivity index (χ0) is 24.6. The molecule has 8 nitrogen and oxygen atoms in total. The van der Waals surface area contributed by atoms with Crippen molar-refractivity contribution in [2.24, 2.45) is 7.05 Å². The zero-order valence-corrected chi connectivity index (χ0v) is 21.9. The summed E-state index contributed by atoms with van der Waals surface area (Å²) in [6.07, 6.45) is 1.54. The number of rotatable bonds is 7. The van der Waals surface area contributed by atoms with Crippen LogP contribution in [0.4, 0.5) is 0 Å². The van der Waals surface area contributed by atoms with Crippen LogP contribution in [0.1, 0.15) is 0 Å². The van der Waals surface area contributed by atoms with Crippen molar-refractivity contribution in [2.45, 2.75) is 32.4 Å². The molecule has 3 heterocycles. The number of imidazole rings is 1. The fourth-order valence-electron chi connectivity index (χ4n) is 3.53. The fraction of sp³-hybridized carbons (Fsp3) is 0.304. The molecule has 34 heavy (non-hydrogen) atoms. The molecule has 0 fully saturated rings. The Hall–Kier alpha value is -2.72. The molecule has 0 aliphatic rings. The molecular formula is C23H25Cl2N5O3Si. The zero-order valence-electron chi connectivity index (χ0n) is 19.4. The lowest BCUT2D eigenvalue weighted by Gasteiger charge is -2.16. The van der Waals surface area contributed by atoms with Crippen LogP contribution in [0.25, 0.3) is 28.2 Å². The molecule has 0 bridgehead atoms. The lowest BCUT2D eigenvalue weighted by Crippen LogP contribution is -2.39. The summed E-state index contributed by atoms with van der Waals surface area (Å²) in [5.41, 5.74) is 0.606. The van der Waals surface area contributed by atoms with Gasteiger partial charge in [-0.05, 0) is 30.3 Å². The normalized spacial score (nSPS) is 11.9. The number of halogens is 2. The van der Waals surface area contributed by atoms with Gasteiger partial charge >= 0.3 is 5.69 Å². The second-order valence-electron chi connectivity index (χ2n) is 9.18. The average Bonchev–Trinajstić information content (AvgIpc) is 3.17. The first-order valence-corrected chi connectivity index (χ1v) is 15.2. The predicted molar refractivity (Wildman–Crippen MR) is 138 cm³/mol. The van der Waals surface area contributed by atoms with Gasteiger partial charge in [0.15, 0.2) is 11.2 Å². The maximum atomic E-state index is 13.3. The first-order chi connectivity index (χ1) is 16.1. The first-order valence-electron chi connectivity index (χ1n) is 10.8. The van der Waals surface area contributed by atoms with Crippen LogP contribution in [0, 0.1) is 0 Å². The van der Waals surface area contributed by atoms with Gasteiger partial charge < -0.3 is 4.74 Å². The lowest BCUT2D eigenvalue weighted by atomic mass is 10.2. The number of benzene rings is 1. The molecule has 0 saturated heterocycles. The summed E-state index contributed by atoms with van der Waals surface area (Å²) in [5, 5.41) is 0.770. The monoisotopic (exact) mass is 517 g/mol. The molecule has 4 aromatic rings. The summed E-state index contributed by atoms with van der Waals surface area (Å²) in [6, 6.07) is 11.5. The van der Waals surface area contributed by atoms with Crippen LogP contribution >= 0.6 is 23.2 Å². The van der Waals surface area contributed by atoms with Crippen LogP contribution in [-0.4, -0.2) is 38.4 Å². The number of nitrogens with zero attached hydrogens (tertiary/aromatic N) is 5. The standard InChI is InChI=1S/C23H25Cl2N5O3Si/c1-28-22(31)19-21(29(23(28)32)14-33-11-12-34(2,3)4)27-20(16-7-5-6-8-17(16)24)30(19)15-9-10-18(25)26-13-15/h5-10,13H,11-12,14H2,1-4H3. The van der Waals surface area contributed by atoms with E-state index in [1.54, 1.807) is 35.0 Å². The van der Waals surface area contributed by atoms with Gasteiger partial charge in [0.05, 0.1) is 16.9 Å². The van der Waals surface area contributed by atoms with E-state index in [-0.39, 0.29) is 17.9 Å². The Labute approximate surface area is 207 Å². The highest BCUT2D eigenvalue weighted by Gasteiger charge is 2.24. The summed E-state index contributed by atoms with van der Waals surface area (Å²) in [4.78, 5) is 35.3. The van der Waals surface area contributed by atoms with E-state index < -0.39 is 19.3 Å². The van der Waals surface area contributed by atoms with Crippen molar-refractivity contribution in [2.75, 3.05) is 6.61 Å². The van der Waals surface area contributed by atoms with E-state index in [4.69, 9.17) is 32.9 Å². The minimum Gasteiger partial charge on any atom is -0.361 e. The van der Waals surface area contributed by atoms with Crippen molar-refractivity contribution in [3.63, 3.8) is 0 Å². The molecule has 0 N–H and O–H groups in total. The highest BCUT2D eigenvalue weighted by atomic mass is 35.5. The smallest absolute Gasteiger partial charge is 0.334 e. The Bertz CT molecular complexity index is 1470. The van der Waals surface area contributed by atoms with Gasteiger partial charge in [-0.1, -0.05) is 55.0 Å². The van der Waals surface area contributed by atoms with Gasteiger partial charge in [0.1, 0.15) is 17.7 Å². The van der Waals surface area contributed by atoms with E-state index in [2.05, 4.69) is 24.6 Å². The third-order valence-corrected chi connectivity index (χ3v) is 7.70. The average molecular weight is 518 g/mol. The fourth-order valence-corrected chi connectivity index (χ4v) is 4.62. The molecule has 0 spiro atoms. The molecule has 3 aromatic heterocycles. The number of hydrogen-bond acceptors (Lipinski definition) is 5. The van der Waals surface area contributed by atoms with E-state index >= 15 is 0 Å². The highest BCUT2D eigenvalue weighted by molar-refractivity contribution is 6.76. The number of aromatic nitrogens is 5. The molecule has 0 amide bonds. The lowest BCUT2D eigenvalue weighted by molar-refractivity contribution is 0.0857. The molecule has 0 aliphatic heterocycles. The van der Waals surface area contributed by atoms with Crippen LogP contribution in [0.3, 0.4) is 0 Å². The number of fused-ring (bicyclic) bond motifs is 1. The summed E-state index contributed by atoms with van der Waals surface area (Å²) in [7, 11) is 0.134. The summed E-state index contributed by atoms with van der Waals surface area (Å²) < 4.78 is 9.94. The molecular weight excluding hydrogens is 493 g/mol. The highest BCUT2D eigenvalue weighted by Crippen LogP contribution is 2.31. The second-order valence-corrected chi connectivity index (χ2v) is 15.6. The molecule has 0 atom stereocenters. The van der Waals surface area contributed by atoms with Crippen LogP contribution < -0.4 is 11.2 Å². The van der Waals surface area contributed by atoms with Gasteiger partial charge in [0, 0.05) is 27.3 Å². The van der Waals surface area contributed by atoms with Crippen LogP contribution in [0.15, 0.2) is 52.2 Å². The minimum absolute atomic E-state index is 0.0220. The van der Waals surface area contributed by atoms with Crippen LogP contribution in [0.2, 0.25) is 35.9 Å². The van der Waals surface area contributed by atoms with E-state index in [1.807, 2.05) is 12.1 Å². The van der Waals surface area contributed by atoms with E-state index in [1.165, 1.54) is 11.6 Å². The second kappa shape index (κ2) is 9.50. The van der Waals surface area contributed by atoms with Gasteiger partial charge in [-0.25, -0.2) is 14.8 Å². The molecule has 11 heteroatoms. The predicted octanol–water partition coefficient (Wildman–Crippen LogP) is 4.57. The number of pyridine rings is 1. The van der Waals surface area contributed by atoms with Gasteiger partial charge in [0.2, 0.25) is 0 Å². The van der Waals surface area contributed by atoms with Crippen molar-refractivity contribution in [1.29, 1.82) is 0 Å². The summed E-state index contributed by atoms with van der Waals surface area (Å²) >= 11 is 12.5. The largest absolute Gasteiger partial charge is 0.361 e. The van der Waals surface area contributed by atoms with Gasteiger partial charge in [-0.3, -0.25) is 18.5 Å². The van der Waals surface area contributed by atoms with E-state index in [0.29, 0.717) is 33.9 Å². The van der Waals surface area contributed by atoms with E-state index in [0.717, 1.165) is 10.6 Å². The van der Waals surface area contributed by atoms with E-state index in [9.17, 15) is 9.59 Å². The Morgan fingerprint density at radius 2 is 1.79 bits per heavy atom. The third-order valence-electron chi connectivity index (χ3n) is 5.44. The number of hydrogen-bond donors (Lipinski definition) is 0. The van der Waals surface area contributed by atoms with Gasteiger partial charge in [-0.15, -0.1) is 0 Å². The topological polar surface area (TPSA) is 83.9 Å². The van der Waals surface area contributed by atoms with Gasteiger partial charge in [-0.2, -0.15) is 0 Å². The van der Waals surface area contributed by atoms with Crippen molar-refractivity contribution in [3.05, 3.63) is 73.6 Å². The Balaban J connectivity index is 1.98. The third kappa shape index (κ3) is 4.74. The Kier molecular flexibility index (Phi) is 6.82. The molecule has 1 aromatic carbocycles. The van der Waals surface area contributed by atoms with Crippen molar-refractivity contribution >= 4 is 42.4 Å². The maximum absolute atomic E-state index is 13.3. The van der Waals surface area contributed by atoms with Crippen molar-refractivity contribution < 1.29 is 4.74 Å².